The average molecular weight is 558 g/mol. The summed E-state index contributed by atoms with van der Waals surface area (Å²) in [5.41, 5.74) is 7.24. The molecule has 1 aliphatic carbocycles. The highest BCUT2D eigenvalue weighted by atomic mass is 79.9. The van der Waals surface area contributed by atoms with Gasteiger partial charge in [-0.25, -0.2) is 0 Å². The molecule has 0 bridgehead atoms. The van der Waals surface area contributed by atoms with E-state index in [-0.39, 0.29) is 11.8 Å². The van der Waals surface area contributed by atoms with Gasteiger partial charge in [0.05, 0.1) is 20.4 Å². The number of hydrogen-bond donors (Lipinski definition) is 1. The fraction of sp³-hybridized carbons (Fsp3) is 0.280. The number of hydrogen-bond acceptors (Lipinski definition) is 4. The lowest BCUT2D eigenvalue weighted by Crippen LogP contribution is -2.60. The highest BCUT2D eigenvalue weighted by molar-refractivity contribution is 9.11. The van der Waals surface area contributed by atoms with Crippen LogP contribution >= 0.6 is 43.2 Å². The lowest BCUT2D eigenvalue weighted by atomic mass is 9.78. The summed E-state index contributed by atoms with van der Waals surface area (Å²) >= 11 is 9.02. The molecular weight excluding hydrogens is 536 g/mol. The van der Waals surface area contributed by atoms with Crippen molar-refractivity contribution < 1.29 is 4.74 Å². The van der Waals surface area contributed by atoms with Crippen molar-refractivity contribution in [1.82, 2.24) is 10.4 Å². The number of thiophene rings is 1. The van der Waals surface area contributed by atoms with Crippen LogP contribution in [0.2, 0.25) is 0 Å². The normalized spacial score (nSPS) is 27.2. The van der Waals surface area contributed by atoms with E-state index < -0.39 is 0 Å². The molecule has 1 saturated carbocycles. The van der Waals surface area contributed by atoms with Crippen LogP contribution < -0.4 is 10.2 Å². The Hall–Kier alpha value is -1.60. The van der Waals surface area contributed by atoms with Crippen molar-refractivity contribution in [2.75, 3.05) is 0 Å². The first kappa shape index (κ1) is 20.0. The second-order valence-electron chi connectivity index (χ2n) is 8.53. The van der Waals surface area contributed by atoms with Crippen molar-refractivity contribution in [1.29, 1.82) is 0 Å². The zero-order valence-corrected chi connectivity index (χ0v) is 20.8. The molecule has 3 heterocycles. The SMILES string of the molecule is Brc1ccc2c(c1)[C@H]1C=C(c3ccc(Br)s3)NN1C1(CCC(c3ccccc3)CC1)O2. The van der Waals surface area contributed by atoms with Gasteiger partial charge in [-0.15, -0.1) is 11.3 Å². The van der Waals surface area contributed by atoms with E-state index in [4.69, 9.17) is 4.74 Å². The molecular formula is C25H22Br2N2OS. The fourth-order valence-corrected chi connectivity index (χ4v) is 6.96. The van der Waals surface area contributed by atoms with Gasteiger partial charge in [0.1, 0.15) is 5.75 Å². The zero-order valence-electron chi connectivity index (χ0n) is 16.9. The highest BCUT2D eigenvalue weighted by Crippen LogP contribution is 2.52. The highest BCUT2D eigenvalue weighted by Gasteiger charge is 2.51. The Morgan fingerprint density at radius 2 is 1.81 bits per heavy atom. The first-order chi connectivity index (χ1) is 15.1. The molecule has 0 unspecified atom stereocenters. The van der Waals surface area contributed by atoms with Crippen LogP contribution in [0.1, 0.15) is 53.6 Å². The van der Waals surface area contributed by atoms with E-state index in [1.807, 2.05) is 0 Å². The third-order valence-electron chi connectivity index (χ3n) is 6.75. The molecule has 0 amide bonds. The quantitative estimate of drug-likeness (QED) is 0.350. The summed E-state index contributed by atoms with van der Waals surface area (Å²) in [6.07, 6.45) is 6.61. The van der Waals surface area contributed by atoms with E-state index in [1.54, 1.807) is 11.3 Å². The Balaban J connectivity index is 1.35. The molecule has 3 aromatic rings. The van der Waals surface area contributed by atoms with E-state index in [2.05, 4.69) is 109 Å². The number of benzene rings is 2. The maximum Gasteiger partial charge on any atom is 0.180 e. The van der Waals surface area contributed by atoms with Crippen molar-refractivity contribution in [3.8, 4) is 5.75 Å². The standard InChI is InChI=1S/C25H22Br2N2OS/c26-18-6-7-22-19(14-18)21-15-20(23-8-9-24(27)31-23)28-29(21)25(30-22)12-10-17(11-13-25)16-4-2-1-3-5-16/h1-9,14-15,17,21,28H,10-13H2/t17?,21-,25?/m1/s1. The second kappa shape index (κ2) is 7.77. The van der Waals surface area contributed by atoms with Gasteiger partial charge in [-0.2, -0.15) is 5.01 Å². The van der Waals surface area contributed by atoms with Crippen molar-refractivity contribution >= 4 is 48.9 Å². The minimum absolute atomic E-state index is 0.158. The van der Waals surface area contributed by atoms with Crippen LogP contribution in [0, 0.1) is 0 Å². The van der Waals surface area contributed by atoms with Gasteiger partial charge in [0.15, 0.2) is 5.72 Å². The third-order valence-corrected chi connectivity index (χ3v) is 8.90. The molecule has 2 aliphatic heterocycles. The summed E-state index contributed by atoms with van der Waals surface area (Å²) in [6.45, 7) is 0. The largest absolute Gasteiger partial charge is 0.471 e. The van der Waals surface area contributed by atoms with Gasteiger partial charge >= 0.3 is 0 Å². The van der Waals surface area contributed by atoms with E-state index >= 15 is 0 Å². The van der Waals surface area contributed by atoms with Crippen LogP contribution in [0.5, 0.6) is 5.75 Å². The lowest BCUT2D eigenvalue weighted by Gasteiger charge is -2.51. The van der Waals surface area contributed by atoms with Crippen LogP contribution in [-0.2, 0) is 0 Å². The molecule has 0 radical (unpaired) electrons. The van der Waals surface area contributed by atoms with Gasteiger partial charge in [0.25, 0.3) is 0 Å². The summed E-state index contributed by atoms with van der Waals surface area (Å²) in [6, 6.07) is 21.8. The Morgan fingerprint density at radius 3 is 2.55 bits per heavy atom. The number of ether oxygens (including phenoxy) is 1. The number of nitrogens with one attached hydrogen (secondary N) is 1. The molecule has 1 fully saturated rings. The monoisotopic (exact) mass is 556 g/mol. The molecule has 1 atom stereocenters. The Morgan fingerprint density at radius 1 is 1.00 bits per heavy atom. The minimum Gasteiger partial charge on any atom is -0.471 e. The zero-order chi connectivity index (χ0) is 21.0. The molecule has 2 aromatic carbocycles. The van der Waals surface area contributed by atoms with Gasteiger partial charge in [-0.3, -0.25) is 0 Å². The second-order valence-corrected chi connectivity index (χ2v) is 11.9. The Kier molecular flexibility index (Phi) is 5.02. The van der Waals surface area contributed by atoms with Crippen LogP contribution in [-0.4, -0.2) is 10.7 Å². The molecule has 158 valence electrons. The van der Waals surface area contributed by atoms with Crippen LogP contribution in [0.4, 0.5) is 0 Å². The van der Waals surface area contributed by atoms with Crippen LogP contribution in [0.25, 0.3) is 5.70 Å². The van der Waals surface area contributed by atoms with Crippen LogP contribution in [0.15, 0.2) is 75.0 Å². The Labute approximate surface area is 203 Å². The predicted octanol–water partition coefficient (Wildman–Crippen LogP) is 7.62. The summed E-state index contributed by atoms with van der Waals surface area (Å²) < 4.78 is 9.03. The molecule has 6 rings (SSSR count). The number of halogens is 2. The molecule has 3 aliphatic rings. The van der Waals surface area contributed by atoms with E-state index in [0.29, 0.717) is 5.92 Å². The molecule has 31 heavy (non-hydrogen) atoms. The van der Waals surface area contributed by atoms with E-state index in [0.717, 1.165) is 39.7 Å². The fourth-order valence-electron chi connectivity index (χ4n) is 5.22. The summed E-state index contributed by atoms with van der Waals surface area (Å²) in [5, 5.41) is 2.38. The predicted molar refractivity (Wildman–Crippen MR) is 133 cm³/mol. The summed E-state index contributed by atoms with van der Waals surface area (Å²) in [5.74, 6) is 1.61. The number of nitrogens with zero attached hydrogens (tertiary/aromatic N) is 1. The average Bonchev–Trinajstić information content (AvgIpc) is 3.43. The summed E-state index contributed by atoms with van der Waals surface area (Å²) in [7, 11) is 0. The molecule has 1 aromatic heterocycles. The van der Waals surface area contributed by atoms with Crippen molar-refractivity contribution in [2.45, 2.75) is 43.4 Å². The molecule has 3 nitrogen and oxygen atoms in total. The van der Waals surface area contributed by atoms with Crippen molar-refractivity contribution in [3.63, 3.8) is 0 Å². The molecule has 1 spiro atoms. The number of hydrazine groups is 1. The van der Waals surface area contributed by atoms with Gasteiger partial charge in [-0.05, 0) is 76.7 Å². The summed E-state index contributed by atoms with van der Waals surface area (Å²) in [4.78, 5) is 1.24. The van der Waals surface area contributed by atoms with Crippen molar-refractivity contribution in [3.05, 3.63) is 91.0 Å². The topological polar surface area (TPSA) is 24.5 Å². The van der Waals surface area contributed by atoms with Gasteiger partial charge in [-0.1, -0.05) is 46.3 Å². The minimum atomic E-state index is -0.330. The van der Waals surface area contributed by atoms with Crippen LogP contribution in [0.3, 0.4) is 0 Å². The maximum absolute atomic E-state index is 6.81. The smallest absolute Gasteiger partial charge is 0.180 e. The Bertz CT molecular complexity index is 1150. The first-order valence-corrected chi connectivity index (χ1v) is 13.1. The van der Waals surface area contributed by atoms with Gasteiger partial charge < -0.3 is 10.2 Å². The molecule has 0 saturated heterocycles. The van der Waals surface area contributed by atoms with E-state index in [9.17, 15) is 0 Å². The third kappa shape index (κ3) is 3.48. The molecule has 6 heteroatoms. The lowest BCUT2D eigenvalue weighted by molar-refractivity contribution is -0.152. The van der Waals surface area contributed by atoms with E-state index in [1.165, 1.54) is 21.7 Å². The number of rotatable bonds is 2. The number of fused-ring (bicyclic) bond motifs is 4. The maximum atomic E-state index is 6.81. The first-order valence-electron chi connectivity index (χ1n) is 10.7. The molecule has 1 N–H and O–H groups in total. The van der Waals surface area contributed by atoms with Gasteiger partial charge in [0, 0.05) is 22.9 Å². The van der Waals surface area contributed by atoms with Gasteiger partial charge in [0.2, 0.25) is 0 Å². The van der Waals surface area contributed by atoms with Crippen molar-refractivity contribution in [2.24, 2.45) is 0 Å².